The maximum Gasteiger partial charge on any atom is 0.0657 e. The highest BCUT2D eigenvalue weighted by Crippen LogP contribution is 2.49. The van der Waals surface area contributed by atoms with Gasteiger partial charge in [0, 0.05) is 13.2 Å². The molecular formula is C18H27NO. The largest absolute Gasteiger partial charge is 0.383 e. The Morgan fingerprint density at radius 2 is 2.00 bits per heavy atom. The number of rotatable bonds is 6. The van der Waals surface area contributed by atoms with Gasteiger partial charge in [-0.15, -0.1) is 0 Å². The molecule has 2 aliphatic rings. The van der Waals surface area contributed by atoms with Crippen molar-refractivity contribution in [2.75, 3.05) is 13.7 Å². The van der Waals surface area contributed by atoms with Crippen LogP contribution in [0.3, 0.4) is 0 Å². The first-order valence-electron chi connectivity index (χ1n) is 8.08. The van der Waals surface area contributed by atoms with E-state index in [1.165, 1.54) is 31.2 Å². The van der Waals surface area contributed by atoms with Crippen LogP contribution >= 0.6 is 0 Å². The third kappa shape index (κ3) is 2.91. The SMILES string of the molecule is COCC(NC(C)C1CC2CCC1C2)c1ccccc1. The van der Waals surface area contributed by atoms with Gasteiger partial charge in [-0.1, -0.05) is 36.8 Å². The van der Waals surface area contributed by atoms with Crippen LogP contribution in [0.5, 0.6) is 0 Å². The maximum absolute atomic E-state index is 5.42. The Morgan fingerprint density at radius 1 is 1.20 bits per heavy atom. The van der Waals surface area contributed by atoms with Gasteiger partial charge in [0.2, 0.25) is 0 Å². The zero-order valence-electron chi connectivity index (χ0n) is 12.7. The van der Waals surface area contributed by atoms with Gasteiger partial charge in [0.05, 0.1) is 12.6 Å². The quantitative estimate of drug-likeness (QED) is 0.851. The minimum Gasteiger partial charge on any atom is -0.383 e. The minimum atomic E-state index is 0.315. The Labute approximate surface area is 122 Å². The molecule has 1 N–H and O–H groups in total. The van der Waals surface area contributed by atoms with E-state index in [2.05, 4.69) is 42.6 Å². The van der Waals surface area contributed by atoms with E-state index in [0.29, 0.717) is 12.1 Å². The molecular weight excluding hydrogens is 246 g/mol. The summed E-state index contributed by atoms with van der Waals surface area (Å²) in [5.41, 5.74) is 1.34. The maximum atomic E-state index is 5.42. The van der Waals surface area contributed by atoms with Gasteiger partial charge in [-0.2, -0.15) is 0 Å². The van der Waals surface area contributed by atoms with Crippen molar-refractivity contribution in [3.63, 3.8) is 0 Å². The minimum absolute atomic E-state index is 0.315. The van der Waals surface area contributed by atoms with Crippen LogP contribution in [-0.2, 0) is 4.74 Å². The molecule has 2 nitrogen and oxygen atoms in total. The molecule has 2 aliphatic carbocycles. The number of fused-ring (bicyclic) bond motifs is 2. The fourth-order valence-corrected chi connectivity index (χ4v) is 4.44. The number of methoxy groups -OCH3 is 1. The van der Waals surface area contributed by atoms with Crippen LogP contribution in [0.4, 0.5) is 0 Å². The van der Waals surface area contributed by atoms with E-state index in [1.807, 2.05) is 0 Å². The summed E-state index contributed by atoms with van der Waals surface area (Å²) < 4.78 is 5.42. The Balaban J connectivity index is 1.64. The molecule has 0 heterocycles. The molecule has 1 aromatic carbocycles. The molecule has 2 heteroatoms. The first-order chi connectivity index (χ1) is 9.78. The van der Waals surface area contributed by atoms with E-state index >= 15 is 0 Å². The van der Waals surface area contributed by atoms with Crippen molar-refractivity contribution < 1.29 is 4.74 Å². The zero-order valence-corrected chi connectivity index (χ0v) is 12.7. The molecule has 0 aliphatic heterocycles. The van der Waals surface area contributed by atoms with Gasteiger partial charge >= 0.3 is 0 Å². The molecule has 2 saturated carbocycles. The molecule has 5 atom stereocenters. The summed E-state index contributed by atoms with van der Waals surface area (Å²) in [6, 6.07) is 11.6. The summed E-state index contributed by atoms with van der Waals surface area (Å²) in [5.74, 6) is 2.87. The highest BCUT2D eigenvalue weighted by molar-refractivity contribution is 5.19. The highest BCUT2D eigenvalue weighted by atomic mass is 16.5. The van der Waals surface area contributed by atoms with Gasteiger partial charge in [-0.05, 0) is 49.5 Å². The third-order valence-corrected chi connectivity index (χ3v) is 5.43. The van der Waals surface area contributed by atoms with E-state index in [9.17, 15) is 0 Å². The van der Waals surface area contributed by atoms with E-state index < -0.39 is 0 Å². The topological polar surface area (TPSA) is 21.3 Å². The molecule has 0 saturated heterocycles. The van der Waals surface area contributed by atoms with Gasteiger partial charge in [0.25, 0.3) is 0 Å². The second kappa shape index (κ2) is 6.28. The van der Waals surface area contributed by atoms with Crippen molar-refractivity contribution in [1.29, 1.82) is 0 Å². The fraction of sp³-hybridized carbons (Fsp3) is 0.667. The smallest absolute Gasteiger partial charge is 0.0657 e. The summed E-state index contributed by atoms with van der Waals surface area (Å²) >= 11 is 0. The lowest BCUT2D eigenvalue weighted by Gasteiger charge is -2.32. The molecule has 0 radical (unpaired) electrons. The normalized spacial score (nSPS) is 31.4. The van der Waals surface area contributed by atoms with Crippen molar-refractivity contribution in [2.45, 2.75) is 44.7 Å². The standard InChI is InChI=1S/C18H27NO/c1-13(17-11-14-8-9-16(17)10-14)19-18(12-20-2)15-6-4-3-5-7-15/h3-7,13-14,16-19H,8-12H2,1-2H3. The molecule has 1 aromatic rings. The summed E-state index contributed by atoms with van der Waals surface area (Å²) in [6.07, 6.45) is 5.86. The van der Waals surface area contributed by atoms with Crippen LogP contribution in [0, 0.1) is 17.8 Å². The zero-order chi connectivity index (χ0) is 13.9. The second-order valence-electron chi connectivity index (χ2n) is 6.71. The van der Waals surface area contributed by atoms with E-state index in [1.54, 1.807) is 7.11 Å². The van der Waals surface area contributed by atoms with E-state index in [-0.39, 0.29) is 0 Å². The van der Waals surface area contributed by atoms with Crippen LogP contribution in [0.1, 0.15) is 44.2 Å². The summed E-state index contributed by atoms with van der Waals surface area (Å²) in [7, 11) is 1.79. The molecule has 2 bridgehead atoms. The molecule has 0 spiro atoms. The third-order valence-electron chi connectivity index (χ3n) is 5.43. The average molecular weight is 273 g/mol. The average Bonchev–Trinajstić information content (AvgIpc) is 3.10. The van der Waals surface area contributed by atoms with Gasteiger partial charge in [-0.25, -0.2) is 0 Å². The molecule has 5 unspecified atom stereocenters. The lowest BCUT2D eigenvalue weighted by Crippen LogP contribution is -2.40. The summed E-state index contributed by atoms with van der Waals surface area (Å²) in [4.78, 5) is 0. The number of nitrogens with one attached hydrogen (secondary N) is 1. The van der Waals surface area contributed by atoms with Gasteiger partial charge < -0.3 is 10.1 Å². The van der Waals surface area contributed by atoms with Crippen molar-refractivity contribution in [3.8, 4) is 0 Å². The number of hydrogen-bond donors (Lipinski definition) is 1. The monoisotopic (exact) mass is 273 g/mol. The van der Waals surface area contributed by atoms with Crippen molar-refractivity contribution >= 4 is 0 Å². The van der Waals surface area contributed by atoms with Crippen LogP contribution in [0.15, 0.2) is 30.3 Å². The van der Waals surface area contributed by atoms with Crippen LogP contribution < -0.4 is 5.32 Å². The van der Waals surface area contributed by atoms with E-state index in [0.717, 1.165) is 24.4 Å². The van der Waals surface area contributed by atoms with Gasteiger partial charge in [0.15, 0.2) is 0 Å². The first-order valence-corrected chi connectivity index (χ1v) is 8.08. The van der Waals surface area contributed by atoms with Crippen LogP contribution in [0.25, 0.3) is 0 Å². The predicted molar refractivity (Wildman–Crippen MR) is 82.6 cm³/mol. The first kappa shape index (κ1) is 14.1. The molecule has 2 fully saturated rings. The van der Waals surface area contributed by atoms with E-state index in [4.69, 9.17) is 4.74 Å². The molecule has 0 aromatic heterocycles. The molecule has 0 amide bonds. The van der Waals surface area contributed by atoms with Gasteiger partial charge in [0.1, 0.15) is 0 Å². The molecule has 20 heavy (non-hydrogen) atoms. The van der Waals surface area contributed by atoms with Crippen molar-refractivity contribution in [3.05, 3.63) is 35.9 Å². The number of benzene rings is 1. The van der Waals surface area contributed by atoms with Crippen LogP contribution in [0.2, 0.25) is 0 Å². The lowest BCUT2D eigenvalue weighted by molar-refractivity contribution is 0.148. The number of hydrogen-bond acceptors (Lipinski definition) is 2. The Bertz CT molecular complexity index is 419. The highest BCUT2D eigenvalue weighted by Gasteiger charge is 2.42. The summed E-state index contributed by atoms with van der Waals surface area (Å²) in [6.45, 7) is 3.12. The fourth-order valence-electron chi connectivity index (χ4n) is 4.44. The number of ether oxygens (including phenoxy) is 1. The predicted octanol–water partition coefficient (Wildman–Crippen LogP) is 3.79. The summed E-state index contributed by atoms with van der Waals surface area (Å²) in [5, 5.41) is 3.84. The Kier molecular flexibility index (Phi) is 4.42. The van der Waals surface area contributed by atoms with Gasteiger partial charge in [-0.3, -0.25) is 0 Å². The molecule has 3 rings (SSSR count). The van der Waals surface area contributed by atoms with Crippen LogP contribution in [-0.4, -0.2) is 19.8 Å². The Hall–Kier alpha value is -0.860. The van der Waals surface area contributed by atoms with Crippen molar-refractivity contribution in [1.82, 2.24) is 5.32 Å². The molecule has 110 valence electrons. The Morgan fingerprint density at radius 3 is 2.60 bits per heavy atom. The second-order valence-corrected chi connectivity index (χ2v) is 6.71. The van der Waals surface area contributed by atoms with Crippen molar-refractivity contribution in [2.24, 2.45) is 17.8 Å². The lowest BCUT2D eigenvalue weighted by atomic mass is 9.83.